The van der Waals surface area contributed by atoms with Crippen LogP contribution in [0.25, 0.3) is 53.2 Å². The third-order valence-electron chi connectivity index (χ3n) is 21.6. The lowest BCUT2D eigenvalue weighted by Gasteiger charge is -2.51. The lowest BCUT2D eigenvalue weighted by molar-refractivity contribution is 0.195. The van der Waals surface area contributed by atoms with Gasteiger partial charge in [-0.05, 0) is 171 Å². The zero-order valence-electron chi connectivity index (χ0n) is 51.1. The maximum absolute atomic E-state index is 7.23. The van der Waals surface area contributed by atoms with Gasteiger partial charge in [0.25, 0.3) is 6.71 Å². The highest BCUT2D eigenvalue weighted by atomic mass is 32.1. The van der Waals surface area contributed by atoms with Crippen molar-refractivity contribution in [2.75, 3.05) is 14.7 Å². The van der Waals surface area contributed by atoms with Crippen molar-refractivity contribution in [3.8, 4) is 11.1 Å². The molecule has 4 nitrogen and oxygen atoms in total. The van der Waals surface area contributed by atoms with E-state index < -0.39 is 0 Å². The molecule has 0 amide bonds. The summed E-state index contributed by atoms with van der Waals surface area (Å²) < 4.78 is 9.88. The molecule has 2 aromatic heterocycles. The Kier molecular flexibility index (Phi) is 10.9. The molecule has 9 aromatic carbocycles. The highest BCUT2D eigenvalue weighted by Crippen LogP contribution is 2.63. The first-order chi connectivity index (χ1) is 40.1. The van der Waals surface area contributed by atoms with Crippen LogP contribution in [-0.4, -0.2) is 12.3 Å². The van der Waals surface area contributed by atoms with Crippen LogP contribution < -0.4 is 31.1 Å². The molecule has 6 heteroatoms. The Balaban J connectivity index is 1.10. The predicted octanol–water partition coefficient (Wildman–Crippen LogP) is 20.4. The van der Waals surface area contributed by atoms with Gasteiger partial charge < -0.3 is 19.1 Å². The molecule has 1 fully saturated rings. The third kappa shape index (κ3) is 7.25. The molecule has 0 bridgehead atoms. The molecule has 5 heterocycles. The van der Waals surface area contributed by atoms with Crippen molar-refractivity contribution in [2.24, 2.45) is 0 Å². The first-order valence-corrected chi connectivity index (χ1v) is 31.9. The fourth-order valence-electron chi connectivity index (χ4n) is 16.5. The van der Waals surface area contributed by atoms with E-state index in [1.807, 2.05) is 11.3 Å². The van der Waals surface area contributed by atoms with Crippen LogP contribution in [0.5, 0.6) is 0 Å². The van der Waals surface area contributed by atoms with Crippen LogP contribution in [0.1, 0.15) is 149 Å². The van der Waals surface area contributed by atoms with Gasteiger partial charge in [0.05, 0.1) is 16.9 Å². The third-order valence-corrected chi connectivity index (χ3v) is 22.7. The molecule has 16 rings (SSSR count). The molecule has 84 heavy (non-hydrogen) atoms. The van der Waals surface area contributed by atoms with E-state index in [9.17, 15) is 0 Å². The molecule has 2 atom stereocenters. The summed E-state index contributed by atoms with van der Waals surface area (Å²) in [5.41, 5.74) is 24.8. The molecule has 5 aliphatic rings. The van der Waals surface area contributed by atoms with E-state index in [-0.39, 0.29) is 39.3 Å². The van der Waals surface area contributed by atoms with Crippen molar-refractivity contribution in [2.45, 2.75) is 154 Å². The van der Waals surface area contributed by atoms with E-state index >= 15 is 0 Å². The zero-order valence-corrected chi connectivity index (χ0v) is 52.0. The largest absolute Gasteiger partial charge is 0.454 e. The van der Waals surface area contributed by atoms with Gasteiger partial charge >= 0.3 is 0 Å². The van der Waals surface area contributed by atoms with Gasteiger partial charge in [-0.3, -0.25) is 0 Å². The predicted molar refractivity (Wildman–Crippen MR) is 362 cm³/mol. The molecule has 1 saturated carbocycles. The van der Waals surface area contributed by atoms with Crippen LogP contribution in [0, 0.1) is 0 Å². The van der Waals surface area contributed by atoms with Gasteiger partial charge in [0.15, 0.2) is 5.58 Å². The van der Waals surface area contributed by atoms with Crippen molar-refractivity contribution in [3.05, 3.63) is 198 Å². The van der Waals surface area contributed by atoms with Gasteiger partial charge in [0, 0.05) is 76.0 Å². The van der Waals surface area contributed by atoms with Gasteiger partial charge in [0.1, 0.15) is 5.58 Å². The number of anilines is 8. The summed E-state index contributed by atoms with van der Waals surface area (Å²) in [5, 5.41) is 4.89. The van der Waals surface area contributed by atoms with Crippen molar-refractivity contribution in [3.63, 3.8) is 0 Å². The van der Waals surface area contributed by atoms with Crippen LogP contribution in [0.3, 0.4) is 0 Å². The Morgan fingerprint density at radius 1 is 0.452 bits per heavy atom. The smallest absolute Gasteiger partial charge is 0.252 e. The van der Waals surface area contributed by atoms with Crippen molar-refractivity contribution in [1.29, 1.82) is 0 Å². The maximum atomic E-state index is 7.23. The van der Waals surface area contributed by atoms with Crippen molar-refractivity contribution < 1.29 is 4.42 Å². The van der Waals surface area contributed by atoms with Crippen LogP contribution in [-0.2, 0) is 27.1 Å². The normalized spacial score (nSPS) is 20.3. The average molecular weight is 1110 g/mol. The van der Waals surface area contributed by atoms with Gasteiger partial charge in [-0.25, -0.2) is 0 Å². The zero-order chi connectivity index (χ0) is 57.8. The number of nitrogens with zero attached hydrogens (tertiary/aromatic N) is 3. The summed E-state index contributed by atoms with van der Waals surface area (Å²) in [6, 6.07) is 66.6. The molecule has 0 spiro atoms. The Hall–Kier alpha value is -7.54. The minimum Gasteiger partial charge on any atom is -0.454 e. The van der Waals surface area contributed by atoms with E-state index in [4.69, 9.17) is 4.42 Å². The number of thiophene rings is 1. The fourth-order valence-corrected chi connectivity index (χ4v) is 17.6. The summed E-state index contributed by atoms with van der Waals surface area (Å²) in [4.78, 5) is 8.26. The van der Waals surface area contributed by atoms with Gasteiger partial charge in [-0.1, -0.05) is 192 Å². The molecular formula is C78H76BN3OS. The number of furan rings is 1. The monoisotopic (exact) mass is 1110 g/mol. The molecule has 2 unspecified atom stereocenters. The van der Waals surface area contributed by atoms with Crippen molar-refractivity contribution in [1.82, 2.24) is 0 Å². The molecule has 0 saturated heterocycles. The summed E-state index contributed by atoms with van der Waals surface area (Å²) >= 11 is 1.93. The molecule has 0 radical (unpaired) electrons. The lowest BCUT2D eigenvalue weighted by Crippen LogP contribution is -2.62. The van der Waals surface area contributed by atoms with Crippen LogP contribution in [0.15, 0.2) is 174 Å². The first kappa shape index (κ1) is 52.1. The highest BCUT2D eigenvalue weighted by Gasteiger charge is 2.58. The number of hydrogen-bond acceptors (Lipinski definition) is 5. The Labute approximate surface area is 501 Å². The number of para-hydroxylation sites is 2. The summed E-state index contributed by atoms with van der Waals surface area (Å²) in [5.74, 6) is 0. The summed E-state index contributed by atoms with van der Waals surface area (Å²) in [6.45, 7) is 29.3. The van der Waals surface area contributed by atoms with E-state index in [1.54, 1.807) is 0 Å². The van der Waals surface area contributed by atoms with E-state index in [0.717, 1.165) is 53.3 Å². The molecule has 0 N–H and O–H groups in total. The van der Waals surface area contributed by atoms with Crippen LogP contribution in [0.4, 0.5) is 45.5 Å². The quantitative estimate of drug-likeness (QED) is 0.164. The van der Waals surface area contributed by atoms with Crippen LogP contribution >= 0.6 is 11.3 Å². The second-order valence-electron chi connectivity index (χ2n) is 29.5. The minimum atomic E-state index is -0.210. The number of benzene rings is 9. The maximum Gasteiger partial charge on any atom is 0.252 e. The molecule has 2 aliphatic carbocycles. The lowest BCUT2D eigenvalue weighted by atomic mass is 9.33. The van der Waals surface area contributed by atoms with E-state index in [0.29, 0.717) is 0 Å². The second kappa shape index (κ2) is 17.5. The molecule has 3 aliphatic heterocycles. The Bertz CT molecular complexity index is 4600. The Morgan fingerprint density at radius 3 is 1.80 bits per heavy atom. The number of fused-ring (bicyclic) bond motifs is 14. The topological polar surface area (TPSA) is 22.9 Å². The number of hydrogen-bond donors (Lipinski definition) is 0. The minimum absolute atomic E-state index is 0.00943. The van der Waals surface area contributed by atoms with Gasteiger partial charge in [-0.2, -0.15) is 0 Å². The number of rotatable bonds is 4. The van der Waals surface area contributed by atoms with E-state index in [2.05, 4.69) is 268 Å². The standard InChI is InChI=1S/C78H76BN3OS/c1-73(2,3)48-31-33-61(54(39-48)47-23-14-13-15-24-47)80-64-43-55-52-26-17-19-30-69(52)84-70(55)46-60(64)79-59-44-56-57(76(9,10)38-37-75(56,7)8)45-65(59)81(63-28-22-27-53-51-25-16-18-29-68(51)83-72(53)63)67-42-50(41-66(80)71(67)79)82-62-34-32-49(74(4,5)6)40-58(62)77(11)35-20-21-36-78(77,82)12/h13-19,22-34,39-46H,20-21,35-38H2,1-12H3. The highest BCUT2D eigenvalue weighted by molar-refractivity contribution is 7.26. The van der Waals surface area contributed by atoms with Gasteiger partial charge in [0.2, 0.25) is 0 Å². The first-order valence-electron chi connectivity index (χ1n) is 31.1. The summed E-state index contributed by atoms with van der Waals surface area (Å²) in [7, 11) is 0. The second-order valence-corrected chi connectivity index (χ2v) is 30.5. The molecular weight excluding hydrogens is 1040 g/mol. The average Bonchev–Trinajstić information content (AvgIpc) is 1.13. The molecule has 11 aromatic rings. The van der Waals surface area contributed by atoms with Gasteiger partial charge in [-0.15, -0.1) is 11.3 Å². The summed E-state index contributed by atoms with van der Waals surface area (Å²) in [6.07, 6.45) is 6.93. The SMILES string of the molecule is CC(C)(C)c1ccc(N2c3cc4c(cc3B3c5cc6c(cc5N(c5cccc7c5oc5ccccc57)c5cc(N7c8ccc(C(C)(C)C)cc8C8(C)CCCCC78C)cc2c53)C(C)(C)CCC6(C)C)sc2ccccc24)c(-c2ccccc2)c1. The van der Waals surface area contributed by atoms with Crippen molar-refractivity contribution >= 4 is 122 Å². The Morgan fingerprint density at radius 2 is 1.06 bits per heavy atom. The molecule has 418 valence electrons. The van der Waals surface area contributed by atoms with E-state index in [1.165, 1.54) is 128 Å². The fraction of sp³-hybridized carbons (Fsp3) is 0.308. The van der Waals surface area contributed by atoms with Crippen LogP contribution in [0.2, 0.25) is 0 Å².